The van der Waals surface area contributed by atoms with Crippen LogP contribution >= 0.6 is 0 Å². The van der Waals surface area contributed by atoms with Crippen molar-refractivity contribution in [2.45, 2.75) is 12.2 Å². The molecule has 3 heteroatoms. The predicted octanol–water partition coefficient (Wildman–Crippen LogP) is 1.86. The second-order valence-corrected chi connectivity index (χ2v) is 3.31. The van der Waals surface area contributed by atoms with E-state index in [4.69, 9.17) is 4.74 Å². The van der Waals surface area contributed by atoms with Crippen LogP contribution in [0.2, 0.25) is 0 Å². The van der Waals surface area contributed by atoms with Crippen molar-refractivity contribution in [3.63, 3.8) is 0 Å². The van der Waals surface area contributed by atoms with Gasteiger partial charge in [-0.2, -0.15) is 0 Å². The van der Waals surface area contributed by atoms with Gasteiger partial charge in [0, 0.05) is 6.08 Å². The van der Waals surface area contributed by atoms with E-state index in [1.165, 1.54) is 13.2 Å². The van der Waals surface area contributed by atoms with Gasteiger partial charge in [-0.25, -0.2) is 4.79 Å². The van der Waals surface area contributed by atoms with Crippen molar-refractivity contribution in [3.8, 4) is 0 Å². The molecule has 1 saturated heterocycles. The van der Waals surface area contributed by atoms with Gasteiger partial charge in [0.1, 0.15) is 12.2 Å². The van der Waals surface area contributed by atoms with E-state index in [0.717, 1.165) is 5.56 Å². The van der Waals surface area contributed by atoms with Gasteiger partial charge < -0.3 is 9.47 Å². The SMILES string of the molecule is COC(=O)/C=C/C1OC1c1ccccc1. The summed E-state index contributed by atoms with van der Waals surface area (Å²) in [7, 11) is 1.36. The first kappa shape index (κ1) is 9.93. The molecule has 0 radical (unpaired) electrons. The summed E-state index contributed by atoms with van der Waals surface area (Å²) in [6.07, 6.45) is 3.22. The molecule has 0 spiro atoms. The van der Waals surface area contributed by atoms with Gasteiger partial charge in [-0.05, 0) is 11.6 Å². The lowest BCUT2D eigenvalue weighted by atomic mass is 10.1. The molecular weight excluding hydrogens is 192 g/mol. The monoisotopic (exact) mass is 204 g/mol. The Hall–Kier alpha value is -1.61. The first-order valence-electron chi connectivity index (χ1n) is 4.78. The minimum absolute atomic E-state index is 0.00602. The van der Waals surface area contributed by atoms with Gasteiger partial charge in [0.05, 0.1) is 7.11 Å². The molecule has 0 bridgehead atoms. The summed E-state index contributed by atoms with van der Waals surface area (Å²) in [4.78, 5) is 10.8. The zero-order chi connectivity index (χ0) is 10.7. The number of carbonyl (C=O) groups is 1. The Morgan fingerprint density at radius 3 is 2.80 bits per heavy atom. The second kappa shape index (κ2) is 4.28. The first-order chi connectivity index (χ1) is 7.31. The standard InChI is InChI=1S/C12H12O3/c1-14-11(13)8-7-10-12(15-10)9-5-3-2-4-6-9/h2-8,10,12H,1H3/b8-7+. The predicted molar refractivity (Wildman–Crippen MR) is 55.2 cm³/mol. The van der Waals surface area contributed by atoms with Crippen LogP contribution in [-0.4, -0.2) is 19.2 Å². The smallest absolute Gasteiger partial charge is 0.330 e. The van der Waals surface area contributed by atoms with Crippen molar-refractivity contribution in [1.29, 1.82) is 0 Å². The molecule has 3 nitrogen and oxygen atoms in total. The second-order valence-electron chi connectivity index (χ2n) is 3.31. The maximum Gasteiger partial charge on any atom is 0.330 e. The molecule has 1 aromatic carbocycles. The highest BCUT2D eigenvalue weighted by molar-refractivity contribution is 5.81. The van der Waals surface area contributed by atoms with Crippen LogP contribution in [0.1, 0.15) is 11.7 Å². The molecule has 2 rings (SSSR count). The normalized spacial score (nSPS) is 24.1. The van der Waals surface area contributed by atoms with Crippen molar-refractivity contribution in [2.75, 3.05) is 7.11 Å². The van der Waals surface area contributed by atoms with Crippen molar-refractivity contribution in [2.24, 2.45) is 0 Å². The van der Waals surface area contributed by atoms with Crippen LogP contribution in [0.15, 0.2) is 42.5 Å². The average Bonchev–Trinajstić information content (AvgIpc) is 3.06. The zero-order valence-corrected chi connectivity index (χ0v) is 8.42. The molecule has 15 heavy (non-hydrogen) atoms. The quantitative estimate of drug-likeness (QED) is 0.428. The van der Waals surface area contributed by atoms with Gasteiger partial charge in [-0.1, -0.05) is 30.3 Å². The van der Waals surface area contributed by atoms with Crippen LogP contribution in [-0.2, 0) is 14.3 Å². The van der Waals surface area contributed by atoms with Crippen LogP contribution < -0.4 is 0 Å². The van der Waals surface area contributed by atoms with Crippen LogP contribution in [0, 0.1) is 0 Å². The van der Waals surface area contributed by atoms with Gasteiger partial charge in [0.25, 0.3) is 0 Å². The summed E-state index contributed by atoms with van der Waals surface area (Å²) in [5.74, 6) is -0.350. The molecule has 1 heterocycles. The minimum Gasteiger partial charge on any atom is -0.466 e. The topological polar surface area (TPSA) is 38.8 Å². The van der Waals surface area contributed by atoms with Crippen LogP contribution in [0.5, 0.6) is 0 Å². The Kier molecular flexibility index (Phi) is 2.83. The molecule has 2 unspecified atom stereocenters. The van der Waals surface area contributed by atoms with Crippen molar-refractivity contribution in [1.82, 2.24) is 0 Å². The van der Waals surface area contributed by atoms with E-state index in [1.807, 2.05) is 30.3 Å². The molecule has 0 N–H and O–H groups in total. The fraction of sp³-hybridized carbons (Fsp3) is 0.250. The minimum atomic E-state index is -0.350. The number of methoxy groups -OCH3 is 1. The molecule has 1 fully saturated rings. The molecule has 0 amide bonds. The maximum absolute atomic E-state index is 10.8. The van der Waals surface area contributed by atoms with Gasteiger partial charge in [0.15, 0.2) is 0 Å². The number of hydrogen-bond donors (Lipinski definition) is 0. The molecular formula is C12H12O3. The molecule has 2 atom stereocenters. The van der Waals surface area contributed by atoms with E-state index < -0.39 is 0 Å². The van der Waals surface area contributed by atoms with Crippen LogP contribution in [0.4, 0.5) is 0 Å². The van der Waals surface area contributed by atoms with Crippen molar-refractivity contribution in [3.05, 3.63) is 48.0 Å². The molecule has 0 saturated carbocycles. The largest absolute Gasteiger partial charge is 0.466 e. The molecule has 1 aliphatic heterocycles. The summed E-state index contributed by atoms with van der Waals surface area (Å²) >= 11 is 0. The van der Waals surface area contributed by atoms with E-state index in [2.05, 4.69) is 4.74 Å². The summed E-state index contributed by atoms with van der Waals surface area (Å²) in [5, 5.41) is 0. The summed E-state index contributed by atoms with van der Waals surface area (Å²) in [6.45, 7) is 0. The number of carbonyl (C=O) groups excluding carboxylic acids is 1. The fourth-order valence-corrected chi connectivity index (χ4v) is 1.42. The molecule has 78 valence electrons. The third-order valence-electron chi connectivity index (χ3n) is 2.28. The van der Waals surface area contributed by atoms with Crippen molar-refractivity contribution < 1.29 is 14.3 Å². The van der Waals surface area contributed by atoms with Gasteiger partial charge in [-0.3, -0.25) is 0 Å². The number of benzene rings is 1. The third kappa shape index (κ3) is 2.44. The highest BCUT2D eigenvalue weighted by Crippen LogP contribution is 2.39. The van der Waals surface area contributed by atoms with E-state index in [1.54, 1.807) is 6.08 Å². The Labute approximate surface area is 88.3 Å². The summed E-state index contributed by atoms with van der Waals surface area (Å²) in [5.41, 5.74) is 1.14. The van der Waals surface area contributed by atoms with Crippen LogP contribution in [0.3, 0.4) is 0 Å². The Balaban J connectivity index is 1.92. The lowest BCUT2D eigenvalue weighted by Crippen LogP contribution is -1.95. The average molecular weight is 204 g/mol. The van der Waals surface area contributed by atoms with E-state index in [9.17, 15) is 4.79 Å². The first-order valence-corrected chi connectivity index (χ1v) is 4.78. The van der Waals surface area contributed by atoms with Gasteiger partial charge >= 0.3 is 5.97 Å². The molecule has 0 aliphatic carbocycles. The summed E-state index contributed by atoms with van der Waals surface area (Å²) in [6, 6.07) is 9.93. The van der Waals surface area contributed by atoms with Gasteiger partial charge in [0.2, 0.25) is 0 Å². The van der Waals surface area contributed by atoms with Gasteiger partial charge in [-0.15, -0.1) is 0 Å². The van der Waals surface area contributed by atoms with E-state index in [0.29, 0.717) is 0 Å². The highest BCUT2D eigenvalue weighted by Gasteiger charge is 2.37. The number of esters is 1. The molecule has 1 aromatic rings. The molecule has 1 aliphatic rings. The number of rotatable bonds is 3. The highest BCUT2D eigenvalue weighted by atomic mass is 16.6. The van der Waals surface area contributed by atoms with E-state index >= 15 is 0 Å². The lowest BCUT2D eigenvalue weighted by molar-refractivity contribution is -0.134. The Bertz CT molecular complexity index is 370. The number of epoxide rings is 1. The lowest BCUT2D eigenvalue weighted by Gasteiger charge is -1.92. The molecule has 0 aromatic heterocycles. The zero-order valence-electron chi connectivity index (χ0n) is 8.42. The third-order valence-corrected chi connectivity index (χ3v) is 2.28. The van der Waals surface area contributed by atoms with Crippen LogP contribution in [0.25, 0.3) is 0 Å². The Morgan fingerprint density at radius 2 is 2.13 bits per heavy atom. The summed E-state index contributed by atoms with van der Waals surface area (Å²) < 4.78 is 9.89. The van der Waals surface area contributed by atoms with Crippen molar-refractivity contribution >= 4 is 5.97 Å². The number of ether oxygens (including phenoxy) is 2. The maximum atomic E-state index is 10.8. The van der Waals surface area contributed by atoms with E-state index in [-0.39, 0.29) is 18.2 Å². The fourth-order valence-electron chi connectivity index (χ4n) is 1.42. The number of hydrogen-bond acceptors (Lipinski definition) is 3. The Morgan fingerprint density at radius 1 is 1.40 bits per heavy atom.